The zero-order valence-electron chi connectivity index (χ0n) is 11.9. The minimum Gasteiger partial charge on any atom is -0.479 e. The molecule has 0 radical (unpaired) electrons. The van der Waals surface area contributed by atoms with E-state index in [2.05, 4.69) is 4.74 Å². The Hall–Kier alpha value is -2.04. The molecule has 0 bridgehead atoms. The zero-order chi connectivity index (χ0) is 18.5. The van der Waals surface area contributed by atoms with Gasteiger partial charge in [0, 0.05) is 18.1 Å². The fourth-order valence-electron chi connectivity index (χ4n) is 1.71. The molecule has 1 amide bonds. The fraction of sp³-hybridized carbons (Fsp3) is 0.385. The Bertz CT molecular complexity index is 580. The normalized spacial score (nSPS) is 13.9. The maximum Gasteiger partial charge on any atom is 0.573 e. The first-order valence-electron chi connectivity index (χ1n) is 6.39. The third-order valence-corrected chi connectivity index (χ3v) is 2.93. The van der Waals surface area contributed by atoms with Crippen LogP contribution in [-0.2, 0) is 9.59 Å². The number of nitrogens with zero attached hydrogens (tertiary/aromatic N) is 1. The van der Waals surface area contributed by atoms with Gasteiger partial charge in [-0.2, -0.15) is 0 Å². The Kier molecular flexibility index (Phi) is 6.81. The Morgan fingerprint density at radius 3 is 2.12 bits per heavy atom. The van der Waals surface area contributed by atoms with Gasteiger partial charge in [-0.25, -0.2) is 4.79 Å². The molecule has 0 saturated carbocycles. The van der Waals surface area contributed by atoms with E-state index in [4.69, 9.17) is 16.7 Å². The first-order valence-corrected chi connectivity index (χ1v) is 6.92. The quantitative estimate of drug-likeness (QED) is 0.616. The summed E-state index contributed by atoms with van der Waals surface area (Å²) in [6.45, 7) is -0.177. The monoisotopic (exact) mass is 371 g/mol. The van der Waals surface area contributed by atoms with Crippen molar-refractivity contribution in [2.45, 2.75) is 18.6 Å². The molecule has 0 aliphatic rings. The number of hydrogen-bond acceptors (Lipinski definition) is 5. The van der Waals surface area contributed by atoms with Gasteiger partial charge < -0.3 is 25.0 Å². The third kappa shape index (κ3) is 5.55. The van der Waals surface area contributed by atoms with Gasteiger partial charge in [0.2, 0.25) is 0 Å². The molecule has 1 aromatic carbocycles. The van der Waals surface area contributed by atoms with Gasteiger partial charge >= 0.3 is 12.3 Å². The first-order chi connectivity index (χ1) is 11.1. The fourth-order valence-corrected chi connectivity index (χ4v) is 1.88. The number of carboxylic acids is 1. The van der Waals surface area contributed by atoms with Gasteiger partial charge in [-0.15, -0.1) is 24.8 Å². The minimum absolute atomic E-state index is 0.0341. The first kappa shape index (κ1) is 20.0. The maximum atomic E-state index is 12.1. The number of aliphatic hydroxyl groups excluding tert-OH is 2. The van der Waals surface area contributed by atoms with Crippen molar-refractivity contribution >= 4 is 29.2 Å². The van der Waals surface area contributed by atoms with Crippen molar-refractivity contribution in [1.29, 1.82) is 0 Å². The van der Waals surface area contributed by atoms with Gasteiger partial charge in [-0.3, -0.25) is 4.79 Å². The lowest BCUT2D eigenvalue weighted by Gasteiger charge is -2.25. The average Bonchev–Trinajstić information content (AvgIpc) is 2.50. The van der Waals surface area contributed by atoms with Gasteiger partial charge in [-0.1, -0.05) is 0 Å². The largest absolute Gasteiger partial charge is 0.573 e. The van der Waals surface area contributed by atoms with Crippen LogP contribution in [0.4, 0.5) is 18.9 Å². The SMILES string of the molecule is O=C(O)[C@H](O)[C@@H](O)C(=O)N(CCCl)c1ccc(OC(F)(F)F)cc1. The van der Waals surface area contributed by atoms with Crippen LogP contribution < -0.4 is 9.64 Å². The van der Waals surface area contributed by atoms with Crippen LogP contribution in [0.15, 0.2) is 24.3 Å². The highest BCUT2D eigenvalue weighted by molar-refractivity contribution is 6.18. The summed E-state index contributed by atoms with van der Waals surface area (Å²) in [5.74, 6) is -3.62. The molecule has 1 aromatic rings. The predicted molar refractivity (Wildman–Crippen MR) is 75.8 cm³/mol. The molecule has 134 valence electrons. The van der Waals surface area contributed by atoms with E-state index in [0.29, 0.717) is 0 Å². The van der Waals surface area contributed by atoms with Crippen LogP contribution in [0.5, 0.6) is 5.75 Å². The lowest BCUT2D eigenvalue weighted by atomic mass is 10.1. The van der Waals surface area contributed by atoms with Crippen molar-refractivity contribution in [2.24, 2.45) is 0 Å². The number of aliphatic carboxylic acids is 1. The van der Waals surface area contributed by atoms with E-state index in [1.54, 1.807) is 0 Å². The molecule has 0 aliphatic carbocycles. The van der Waals surface area contributed by atoms with Crippen molar-refractivity contribution in [3.05, 3.63) is 24.3 Å². The minimum atomic E-state index is -4.88. The number of hydrogen-bond donors (Lipinski definition) is 3. The Morgan fingerprint density at radius 2 is 1.71 bits per heavy atom. The van der Waals surface area contributed by atoms with Crippen LogP contribution >= 0.6 is 11.6 Å². The van der Waals surface area contributed by atoms with Crippen LogP contribution in [0.1, 0.15) is 0 Å². The van der Waals surface area contributed by atoms with E-state index in [1.165, 1.54) is 0 Å². The molecule has 3 N–H and O–H groups in total. The van der Waals surface area contributed by atoms with E-state index >= 15 is 0 Å². The van der Waals surface area contributed by atoms with E-state index in [9.17, 15) is 33.0 Å². The standard InChI is InChI=1S/C13H13ClF3NO6/c14-5-6-18(11(21)9(19)10(20)12(22)23)7-1-3-8(4-2-7)24-13(15,16)17/h1-4,9-10,19-20H,5-6H2,(H,22,23)/t9-,10-/m1/s1. The maximum absolute atomic E-state index is 12.1. The second-order valence-corrected chi connectivity index (χ2v) is 4.83. The Balaban J connectivity index is 2.99. The van der Waals surface area contributed by atoms with E-state index < -0.39 is 36.2 Å². The summed E-state index contributed by atoms with van der Waals surface area (Å²) in [4.78, 5) is 23.5. The number of halogens is 4. The molecular formula is C13H13ClF3NO6. The molecule has 0 fully saturated rings. The lowest BCUT2D eigenvalue weighted by Crippen LogP contribution is -2.48. The second-order valence-electron chi connectivity index (χ2n) is 4.45. The topological polar surface area (TPSA) is 107 Å². The molecule has 0 aliphatic heterocycles. The lowest BCUT2D eigenvalue weighted by molar-refractivity contribution is -0.274. The molecular weight excluding hydrogens is 359 g/mol. The summed E-state index contributed by atoms with van der Waals surface area (Å²) in [5.41, 5.74) is 0.0341. The molecule has 0 unspecified atom stereocenters. The van der Waals surface area contributed by atoms with Crippen molar-refractivity contribution in [1.82, 2.24) is 0 Å². The number of carboxylic acid groups (broad SMARTS) is 1. The molecule has 0 aromatic heterocycles. The molecule has 7 nitrogen and oxygen atoms in total. The zero-order valence-corrected chi connectivity index (χ0v) is 12.7. The summed E-state index contributed by atoms with van der Waals surface area (Å²) in [7, 11) is 0. The van der Waals surface area contributed by atoms with Crippen molar-refractivity contribution in [3.8, 4) is 5.75 Å². The van der Waals surface area contributed by atoms with Gasteiger partial charge in [0.25, 0.3) is 5.91 Å². The van der Waals surface area contributed by atoms with Crippen LogP contribution in [0.25, 0.3) is 0 Å². The van der Waals surface area contributed by atoms with Crippen LogP contribution in [-0.4, -0.2) is 58.2 Å². The number of carbonyl (C=O) groups is 2. The number of ether oxygens (including phenoxy) is 1. The number of amides is 1. The van der Waals surface area contributed by atoms with Crippen LogP contribution in [0.2, 0.25) is 0 Å². The number of rotatable bonds is 7. The predicted octanol–water partition coefficient (Wildman–Crippen LogP) is 0.963. The van der Waals surface area contributed by atoms with Crippen molar-refractivity contribution < 1.29 is 42.8 Å². The van der Waals surface area contributed by atoms with E-state index in [0.717, 1.165) is 29.2 Å². The Labute approximate surface area is 138 Å². The number of anilines is 1. The third-order valence-electron chi connectivity index (χ3n) is 2.76. The van der Waals surface area contributed by atoms with Gasteiger partial charge in [-0.05, 0) is 24.3 Å². The van der Waals surface area contributed by atoms with Crippen LogP contribution in [0.3, 0.4) is 0 Å². The highest BCUT2D eigenvalue weighted by atomic mass is 35.5. The van der Waals surface area contributed by atoms with Crippen LogP contribution in [0, 0.1) is 0 Å². The molecule has 0 heterocycles. The van der Waals surface area contributed by atoms with E-state index in [1.807, 2.05) is 0 Å². The van der Waals surface area contributed by atoms with Gasteiger partial charge in [0.1, 0.15) is 5.75 Å². The second kappa shape index (κ2) is 8.18. The van der Waals surface area contributed by atoms with E-state index in [-0.39, 0.29) is 18.1 Å². The molecule has 11 heteroatoms. The molecule has 24 heavy (non-hydrogen) atoms. The average molecular weight is 372 g/mol. The summed E-state index contributed by atoms with van der Waals surface area (Å²) in [6.07, 6.45) is -9.51. The molecule has 0 saturated heterocycles. The molecule has 1 rings (SSSR count). The summed E-state index contributed by atoms with van der Waals surface area (Å²) >= 11 is 5.53. The smallest absolute Gasteiger partial charge is 0.479 e. The summed E-state index contributed by atoms with van der Waals surface area (Å²) in [5, 5.41) is 27.4. The summed E-state index contributed by atoms with van der Waals surface area (Å²) in [6, 6.07) is 4.03. The Morgan fingerprint density at radius 1 is 1.17 bits per heavy atom. The highest BCUT2D eigenvalue weighted by Gasteiger charge is 2.34. The van der Waals surface area contributed by atoms with Gasteiger partial charge in [0.05, 0.1) is 0 Å². The van der Waals surface area contributed by atoms with Crippen molar-refractivity contribution in [3.63, 3.8) is 0 Å². The molecule has 2 atom stereocenters. The highest BCUT2D eigenvalue weighted by Crippen LogP contribution is 2.25. The number of alkyl halides is 4. The van der Waals surface area contributed by atoms with Gasteiger partial charge in [0.15, 0.2) is 12.2 Å². The number of benzene rings is 1. The molecule has 0 spiro atoms. The number of carbonyl (C=O) groups excluding carboxylic acids is 1. The summed E-state index contributed by atoms with van der Waals surface area (Å²) < 4.78 is 40.0. The van der Waals surface area contributed by atoms with Crippen molar-refractivity contribution in [2.75, 3.05) is 17.3 Å². The number of aliphatic hydroxyl groups is 2.